The summed E-state index contributed by atoms with van der Waals surface area (Å²) in [6.45, 7) is 1.25. The summed E-state index contributed by atoms with van der Waals surface area (Å²) in [6, 6.07) is 9.00. The second kappa shape index (κ2) is 9.32. The van der Waals surface area contributed by atoms with Gasteiger partial charge in [0, 0.05) is 22.8 Å². The Hall–Kier alpha value is -2.16. The first kappa shape index (κ1) is 22.5. The molecule has 3 aromatic rings. The van der Waals surface area contributed by atoms with E-state index in [2.05, 4.69) is 4.37 Å². The van der Waals surface area contributed by atoms with Gasteiger partial charge in [-0.15, -0.1) is 0 Å². The molecule has 0 bridgehead atoms. The van der Waals surface area contributed by atoms with Crippen molar-refractivity contribution in [2.45, 2.75) is 32.5 Å². The Morgan fingerprint density at radius 3 is 2.50 bits per heavy atom. The van der Waals surface area contributed by atoms with Crippen LogP contribution in [0, 0.1) is 12.7 Å². The minimum absolute atomic E-state index is 0.0157. The van der Waals surface area contributed by atoms with Gasteiger partial charge in [-0.2, -0.15) is 17.5 Å². The van der Waals surface area contributed by atoms with Gasteiger partial charge in [0.05, 0.1) is 5.69 Å². The zero-order chi connectivity index (χ0) is 21.9. The number of alkyl halides is 3. The van der Waals surface area contributed by atoms with Crippen molar-refractivity contribution < 1.29 is 27.4 Å². The fraction of sp³-hybridized carbons (Fsp3) is 0.286. The SMILES string of the molecule is Cc1cc(OCc2c(-c3ccc(Cl)cc3)nsc2C(F)(F)F)c(F)cc1CCCO. The van der Waals surface area contributed by atoms with Crippen molar-refractivity contribution >= 4 is 23.1 Å². The topological polar surface area (TPSA) is 42.4 Å². The molecule has 0 aliphatic heterocycles. The van der Waals surface area contributed by atoms with Crippen LogP contribution < -0.4 is 4.74 Å². The predicted octanol–water partition coefficient (Wildman–Crippen LogP) is 6.43. The first-order valence-electron chi connectivity index (χ1n) is 9.05. The Morgan fingerprint density at radius 2 is 1.87 bits per heavy atom. The predicted molar refractivity (Wildman–Crippen MR) is 108 cm³/mol. The molecule has 0 fully saturated rings. The van der Waals surface area contributed by atoms with E-state index in [1.54, 1.807) is 31.2 Å². The van der Waals surface area contributed by atoms with Crippen LogP contribution in [0.4, 0.5) is 17.6 Å². The summed E-state index contributed by atoms with van der Waals surface area (Å²) in [4.78, 5) is -0.885. The summed E-state index contributed by atoms with van der Waals surface area (Å²) in [5.41, 5.74) is 1.87. The third kappa shape index (κ3) is 5.11. The first-order chi connectivity index (χ1) is 14.2. The number of halogens is 5. The zero-order valence-electron chi connectivity index (χ0n) is 15.9. The number of aryl methyl sites for hydroxylation is 2. The van der Waals surface area contributed by atoms with Crippen LogP contribution in [0.25, 0.3) is 11.3 Å². The Labute approximate surface area is 180 Å². The van der Waals surface area contributed by atoms with Gasteiger partial charge in [-0.1, -0.05) is 23.7 Å². The molecule has 0 spiro atoms. The lowest BCUT2D eigenvalue weighted by Crippen LogP contribution is -2.09. The van der Waals surface area contributed by atoms with E-state index >= 15 is 0 Å². The molecule has 9 heteroatoms. The van der Waals surface area contributed by atoms with Crippen LogP contribution in [-0.4, -0.2) is 16.1 Å². The molecular weight excluding hydrogens is 442 g/mol. The Balaban J connectivity index is 1.92. The average molecular weight is 460 g/mol. The van der Waals surface area contributed by atoms with Crippen molar-refractivity contribution in [1.29, 1.82) is 0 Å². The summed E-state index contributed by atoms with van der Waals surface area (Å²) in [5.74, 6) is -0.806. The molecule has 0 unspecified atom stereocenters. The number of rotatable bonds is 7. The number of hydrogen-bond donors (Lipinski definition) is 1. The maximum Gasteiger partial charge on any atom is 0.427 e. The number of ether oxygens (including phenoxy) is 1. The molecule has 0 aliphatic carbocycles. The quantitative estimate of drug-likeness (QED) is 0.414. The highest BCUT2D eigenvalue weighted by molar-refractivity contribution is 7.06. The van der Waals surface area contributed by atoms with Gasteiger partial charge in [0.1, 0.15) is 11.5 Å². The average Bonchev–Trinajstić information content (AvgIpc) is 3.12. The third-order valence-electron chi connectivity index (χ3n) is 4.53. The van der Waals surface area contributed by atoms with Gasteiger partial charge in [-0.3, -0.25) is 0 Å². The lowest BCUT2D eigenvalue weighted by atomic mass is 10.0. The van der Waals surface area contributed by atoms with Crippen molar-refractivity contribution in [2.24, 2.45) is 0 Å². The lowest BCUT2D eigenvalue weighted by Gasteiger charge is -2.13. The number of aromatic nitrogens is 1. The van der Waals surface area contributed by atoms with Crippen molar-refractivity contribution in [3.05, 3.63) is 68.8 Å². The molecule has 1 heterocycles. The van der Waals surface area contributed by atoms with Gasteiger partial charge in [0.15, 0.2) is 11.6 Å². The Morgan fingerprint density at radius 1 is 1.17 bits per heavy atom. The minimum Gasteiger partial charge on any atom is -0.486 e. The molecule has 30 heavy (non-hydrogen) atoms. The summed E-state index contributed by atoms with van der Waals surface area (Å²) >= 11 is 6.19. The largest absolute Gasteiger partial charge is 0.486 e. The molecule has 0 atom stereocenters. The van der Waals surface area contributed by atoms with Gasteiger partial charge in [0.25, 0.3) is 0 Å². The van der Waals surface area contributed by atoms with Crippen molar-refractivity contribution in [3.63, 3.8) is 0 Å². The fourth-order valence-electron chi connectivity index (χ4n) is 3.00. The molecule has 3 nitrogen and oxygen atoms in total. The standard InChI is InChI=1S/C21H18ClF4NO2S/c1-12-9-18(17(23)10-14(12)3-2-8-28)29-11-16-19(13-4-6-15(22)7-5-13)27-30-20(16)21(24,25)26/h4-7,9-10,28H,2-3,8,11H2,1H3. The fourth-order valence-corrected chi connectivity index (χ4v) is 3.89. The van der Waals surface area contributed by atoms with Crippen LogP contribution in [0.5, 0.6) is 5.75 Å². The van der Waals surface area contributed by atoms with E-state index in [-0.39, 0.29) is 23.6 Å². The maximum atomic E-state index is 14.5. The van der Waals surface area contributed by atoms with E-state index in [1.807, 2.05) is 0 Å². The Kier molecular flexibility index (Phi) is 7.00. The lowest BCUT2D eigenvalue weighted by molar-refractivity contribution is -0.135. The summed E-state index contributed by atoms with van der Waals surface area (Å²) in [5, 5.41) is 9.38. The molecule has 0 saturated heterocycles. The highest BCUT2D eigenvalue weighted by atomic mass is 35.5. The molecule has 2 aromatic carbocycles. The smallest absolute Gasteiger partial charge is 0.427 e. The zero-order valence-corrected chi connectivity index (χ0v) is 17.5. The van der Waals surface area contributed by atoms with E-state index in [9.17, 15) is 17.6 Å². The van der Waals surface area contributed by atoms with E-state index in [0.29, 0.717) is 40.5 Å². The van der Waals surface area contributed by atoms with Crippen LogP contribution >= 0.6 is 23.1 Å². The van der Waals surface area contributed by atoms with E-state index in [1.165, 1.54) is 12.1 Å². The van der Waals surface area contributed by atoms with Crippen molar-refractivity contribution in [2.75, 3.05) is 6.61 Å². The van der Waals surface area contributed by atoms with Gasteiger partial charge in [-0.25, -0.2) is 4.39 Å². The third-order valence-corrected chi connectivity index (χ3v) is 5.72. The van der Waals surface area contributed by atoms with Gasteiger partial charge >= 0.3 is 6.18 Å². The first-order valence-corrected chi connectivity index (χ1v) is 10.2. The summed E-state index contributed by atoms with van der Waals surface area (Å²) in [6.07, 6.45) is -3.63. The maximum absolute atomic E-state index is 14.5. The number of aliphatic hydroxyl groups excluding tert-OH is 1. The van der Waals surface area contributed by atoms with Crippen LogP contribution in [-0.2, 0) is 19.2 Å². The number of aliphatic hydroxyl groups is 1. The van der Waals surface area contributed by atoms with E-state index in [0.717, 1.165) is 5.56 Å². The summed E-state index contributed by atoms with van der Waals surface area (Å²) in [7, 11) is 0. The van der Waals surface area contributed by atoms with Gasteiger partial charge in [0.2, 0.25) is 0 Å². The second-order valence-corrected chi connectivity index (χ2v) is 7.88. The monoisotopic (exact) mass is 459 g/mol. The molecule has 0 amide bonds. The number of hydrogen-bond acceptors (Lipinski definition) is 4. The molecule has 1 aromatic heterocycles. The number of benzene rings is 2. The molecule has 0 aliphatic rings. The highest BCUT2D eigenvalue weighted by Gasteiger charge is 2.38. The highest BCUT2D eigenvalue weighted by Crippen LogP contribution is 2.40. The van der Waals surface area contributed by atoms with Crippen molar-refractivity contribution in [3.8, 4) is 17.0 Å². The molecule has 0 saturated carbocycles. The minimum atomic E-state index is -4.61. The molecular formula is C21H18ClF4NO2S. The van der Waals surface area contributed by atoms with Crippen molar-refractivity contribution in [1.82, 2.24) is 4.37 Å². The molecule has 3 rings (SSSR count). The van der Waals surface area contributed by atoms with Gasteiger partial charge < -0.3 is 9.84 Å². The molecule has 0 radical (unpaired) electrons. The second-order valence-electron chi connectivity index (χ2n) is 6.67. The number of nitrogens with zero attached hydrogens (tertiary/aromatic N) is 1. The normalized spacial score (nSPS) is 11.7. The Bertz CT molecular complexity index is 1020. The molecule has 160 valence electrons. The van der Waals surface area contributed by atoms with Crippen LogP contribution in [0.1, 0.15) is 28.0 Å². The van der Waals surface area contributed by atoms with Crippen LogP contribution in [0.15, 0.2) is 36.4 Å². The van der Waals surface area contributed by atoms with Crippen LogP contribution in [0.3, 0.4) is 0 Å². The van der Waals surface area contributed by atoms with Gasteiger partial charge in [-0.05, 0) is 66.7 Å². The van der Waals surface area contributed by atoms with E-state index in [4.69, 9.17) is 21.4 Å². The summed E-state index contributed by atoms with van der Waals surface area (Å²) < 4.78 is 64.3. The van der Waals surface area contributed by atoms with E-state index < -0.39 is 23.5 Å². The molecule has 1 N–H and O–H groups in total. The van der Waals surface area contributed by atoms with Crippen LogP contribution in [0.2, 0.25) is 5.02 Å².